The van der Waals surface area contributed by atoms with E-state index in [9.17, 15) is 4.39 Å². The van der Waals surface area contributed by atoms with E-state index in [1.165, 1.54) is 6.07 Å². The zero-order chi connectivity index (χ0) is 14.3. The summed E-state index contributed by atoms with van der Waals surface area (Å²) < 4.78 is 21.0. The number of aryl methyl sites for hydroxylation is 1. The molecule has 4 nitrogen and oxygen atoms in total. The van der Waals surface area contributed by atoms with Gasteiger partial charge in [-0.1, -0.05) is 6.07 Å². The number of aromatic amines is 1. The summed E-state index contributed by atoms with van der Waals surface area (Å²) in [5.74, 6) is 0.203. The molecule has 0 aliphatic rings. The van der Waals surface area contributed by atoms with E-state index < -0.39 is 0 Å². The van der Waals surface area contributed by atoms with Gasteiger partial charge in [-0.15, -0.1) is 0 Å². The number of pyridine rings is 1. The Morgan fingerprint density at radius 1 is 1.30 bits per heavy atom. The van der Waals surface area contributed by atoms with Crippen LogP contribution in [0.4, 0.5) is 4.39 Å². The lowest BCUT2D eigenvalue weighted by Gasteiger charge is -2.06. The van der Waals surface area contributed by atoms with E-state index in [1.54, 1.807) is 30.7 Å². The molecule has 0 aliphatic carbocycles. The lowest BCUT2D eigenvalue weighted by molar-refractivity contribution is 0.399. The molecule has 2 heterocycles. The Kier molecular flexibility index (Phi) is 3.02. The first-order valence-corrected chi connectivity index (χ1v) is 6.43. The Morgan fingerprint density at radius 3 is 2.80 bits per heavy atom. The van der Waals surface area contributed by atoms with Gasteiger partial charge in [-0.05, 0) is 42.9 Å². The summed E-state index contributed by atoms with van der Waals surface area (Å²) in [4.78, 5) is 7.41. The van der Waals surface area contributed by atoms with Crippen molar-refractivity contribution >= 4 is 23.4 Å². The third-order valence-corrected chi connectivity index (χ3v) is 3.41. The van der Waals surface area contributed by atoms with Gasteiger partial charge in [0.05, 0.1) is 18.3 Å². The number of H-pyrrole nitrogens is 1. The highest BCUT2D eigenvalue weighted by Gasteiger charge is 2.10. The van der Waals surface area contributed by atoms with Gasteiger partial charge < -0.3 is 9.72 Å². The average Bonchev–Trinajstić information content (AvgIpc) is 2.77. The smallest absolute Gasteiger partial charge is 0.215 e. The molecular weight excluding hydrogens is 277 g/mol. The number of hydrogen-bond acceptors (Lipinski definition) is 3. The highest BCUT2D eigenvalue weighted by molar-refractivity contribution is 7.71. The number of halogens is 1. The Balaban J connectivity index is 2.31. The van der Waals surface area contributed by atoms with Gasteiger partial charge in [-0.3, -0.25) is 4.57 Å². The van der Waals surface area contributed by atoms with E-state index in [0.717, 1.165) is 5.52 Å². The molecule has 3 rings (SSSR count). The van der Waals surface area contributed by atoms with Crippen LogP contribution in [0, 0.1) is 17.5 Å². The number of hydrogen-bond donors (Lipinski definition) is 1. The molecule has 1 aromatic carbocycles. The third kappa shape index (κ3) is 1.98. The molecule has 6 heteroatoms. The molecule has 0 unspecified atom stereocenters. The van der Waals surface area contributed by atoms with Crippen molar-refractivity contribution in [2.45, 2.75) is 6.92 Å². The lowest BCUT2D eigenvalue weighted by atomic mass is 10.2. The van der Waals surface area contributed by atoms with E-state index in [2.05, 4.69) is 9.97 Å². The number of imidazole rings is 1. The SMILES string of the molecule is COc1ccc2[nH]c(=S)n(-c3ccc(C)c(F)c3)c2n1. The zero-order valence-electron chi connectivity index (χ0n) is 11.0. The molecule has 0 atom stereocenters. The fraction of sp³-hybridized carbons (Fsp3) is 0.143. The molecule has 0 aliphatic heterocycles. The van der Waals surface area contributed by atoms with Gasteiger partial charge in [-0.25, -0.2) is 4.39 Å². The van der Waals surface area contributed by atoms with E-state index in [0.29, 0.717) is 27.5 Å². The van der Waals surface area contributed by atoms with Crippen molar-refractivity contribution in [3.05, 3.63) is 46.5 Å². The van der Waals surface area contributed by atoms with Gasteiger partial charge in [0.15, 0.2) is 10.4 Å². The first kappa shape index (κ1) is 12.8. The summed E-state index contributed by atoms with van der Waals surface area (Å²) in [5.41, 5.74) is 2.60. The minimum atomic E-state index is -0.276. The van der Waals surface area contributed by atoms with Gasteiger partial charge in [-0.2, -0.15) is 4.98 Å². The van der Waals surface area contributed by atoms with Crippen molar-refractivity contribution in [1.82, 2.24) is 14.5 Å². The van der Waals surface area contributed by atoms with Crippen LogP contribution in [0.2, 0.25) is 0 Å². The predicted molar refractivity (Wildman–Crippen MR) is 77.5 cm³/mol. The van der Waals surface area contributed by atoms with E-state index in [-0.39, 0.29) is 5.82 Å². The number of benzene rings is 1. The molecule has 1 N–H and O–H groups in total. The molecule has 0 spiro atoms. The first-order chi connectivity index (χ1) is 9.60. The van der Waals surface area contributed by atoms with Crippen LogP contribution in [0.15, 0.2) is 30.3 Å². The number of methoxy groups -OCH3 is 1. The second-order valence-electron chi connectivity index (χ2n) is 4.42. The Morgan fingerprint density at radius 2 is 2.10 bits per heavy atom. The van der Waals surface area contributed by atoms with Crippen LogP contribution in [-0.4, -0.2) is 21.6 Å². The third-order valence-electron chi connectivity index (χ3n) is 3.13. The normalized spacial score (nSPS) is 10.9. The molecule has 2 aromatic heterocycles. The van der Waals surface area contributed by atoms with Gasteiger partial charge in [0.2, 0.25) is 5.88 Å². The molecular formula is C14H12FN3OS. The van der Waals surface area contributed by atoms with E-state index >= 15 is 0 Å². The fourth-order valence-corrected chi connectivity index (χ4v) is 2.34. The highest BCUT2D eigenvalue weighted by Crippen LogP contribution is 2.22. The summed E-state index contributed by atoms with van der Waals surface area (Å²) in [6, 6.07) is 8.54. The van der Waals surface area contributed by atoms with Crippen molar-refractivity contribution in [2.24, 2.45) is 0 Å². The number of nitrogens with zero attached hydrogens (tertiary/aromatic N) is 2. The fourth-order valence-electron chi connectivity index (χ4n) is 2.04. The van der Waals surface area contributed by atoms with Gasteiger partial charge in [0.25, 0.3) is 0 Å². The van der Waals surface area contributed by atoms with E-state index in [4.69, 9.17) is 17.0 Å². The topological polar surface area (TPSA) is 42.8 Å². The summed E-state index contributed by atoms with van der Waals surface area (Å²) >= 11 is 5.29. The lowest BCUT2D eigenvalue weighted by Crippen LogP contribution is -1.98. The van der Waals surface area contributed by atoms with Gasteiger partial charge in [0.1, 0.15) is 5.82 Å². The largest absolute Gasteiger partial charge is 0.481 e. The molecule has 3 aromatic rings. The predicted octanol–water partition coefficient (Wildman–Crippen LogP) is 3.54. The maximum atomic E-state index is 13.7. The molecule has 0 fully saturated rings. The molecule has 20 heavy (non-hydrogen) atoms. The van der Waals surface area contributed by atoms with Crippen molar-refractivity contribution in [3.8, 4) is 11.6 Å². The summed E-state index contributed by atoms with van der Waals surface area (Å²) in [5, 5.41) is 0. The minimum Gasteiger partial charge on any atom is -0.481 e. The van der Waals surface area contributed by atoms with Crippen LogP contribution < -0.4 is 4.74 Å². The maximum absolute atomic E-state index is 13.7. The Hall–Kier alpha value is -2.21. The maximum Gasteiger partial charge on any atom is 0.215 e. The van der Waals surface area contributed by atoms with E-state index in [1.807, 2.05) is 12.1 Å². The Labute approximate surface area is 119 Å². The summed E-state index contributed by atoms with van der Waals surface area (Å²) in [6.45, 7) is 1.72. The van der Waals surface area contributed by atoms with Crippen LogP contribution in [0.3, 0.4) is 0 Å². The minimum absolute atomic E-state index is 0.276. The first-order valence-electron chi connectivity index (χ1n) is 6.02. The number of aromatic nitrogens is 3. The monoisotopic (exact) mass is 289 g/mol. The number of fused-ring (bicyclic) bond motifs is 1. The molecule has 0 amide bonds. The van der Waals surface area contributed by atoms with Gasteiger partial charge >= 0.3 is 0 Å². The van der Waals surface area contributed by atoms with Crippen LogP contribution >= 0.6 is 12.2 Å². The molecule has 0 radical (unpaired) electrons. The van der Waals surface area contributed by atoms with Crippen LogP contribution in [0.1, 0.15) is 5.56 Å². The summed E-state index contributed by atoms with van der Waals surface area (Å²) in [6.07, 6.45) is 0. The van der Waals surface area contributed by atoms with Crippen molar-refractivity contribution in [1.29, 1.82) is 0 Å². The standard InChI is InChI=1S/C14H12FN3OS/c1-8-3-4-9(7-10(8)15)18-13-11(16-14(18)20)5-6-12(17-13)19-2/h3-7H,1-2H3,(H,16,20). The van der Waals surface area contributed by atoms with Crippen LogP contribution in [0.5, 0.6) is 5.88 Å². The van der Waals surface area contributed by atoms with Crippen molar-refractivity contribution < 1.29 is 9.13 Å². The molecule has 102 valence electrons. The van der Waals surface area contributed by atoms with Crippen molar-refractivity contribution in [3.63, 3.8) is 0 Å². The average molecular weight is 289 g/mol. The number of ether oxygens (including phenoxy) is 1. The quantitative estimate of drug-likeness (QED) is 0.734. The highest BCUT2D eigenvalue weighted by atomic mass is 32.1. The second-order valence-corrected chi connectivity index (χ2v) is 4.81. The van der Waals surface area contributed by atoms with Crippen LogP contribution in [-0.2, 0) is 0 Å². The molecule has 0 saturated carbocycles. The molecule has 0 bridgehead atoms. The number of nitrogens with one attached hydrogen (secondary N) is 1. The van der Waals surface area contributed by atoms with Gasteiger partial charge in [0, 0.05) is 6.07 Å². The number of rotatable bonds is 2. The van der Waals surface area contributed by atoms with Crippen molar-refractivity contribution in [2.75, 3.05) is 7.11 Å². The second kappa shape index (κ2) is 4.72. The summed E-state index contributed by atoms with van der Waals surface area (Å²) in [7, 11) is 1.55. The molecule has 0 saturated heterocycles. The Bertz CT molecular complexity index is 853. The van der Waals surface area contributed by atoms with Crippen LogP contribution in [0.25, 0.3) is 16.9 Å². The zero-order valence-corrected chi connectivity index (χ0v) is 11.8.